The molecule has 0 radical (unpaired) electrons. The summed E-state index contributed by atoms with van der Waals surface area (Å²) >= 11 is 5.39. The fourth-order valence-electron chi connectivity index (χ4n) is 1.06. The number of hydrogen-bond acceptors (Lipinski definition) is 2. The second kappa shape index (κ2) is 4.40. The van der Waals surface area contributed by atoms with E-state index in [1.807, 2.05) is 18.3 Å². The number of hydrogen-bond donors (Lipinski definition) is 1. The molecule has 0 fully saturated rings. The Hall–Kier alpha value is 0.140. The van der Waals surface area contributed by atoms with Gasteiger partial charge in [0.1, 0.15) is 0 Å². The Labute approximate surface area is 86.1 Å². The maximum Gasteiger partial charge on any atom is 0.0317 e. The molecule has 0 unspecified atom stereocenters. The molecule has 0 aliphatic heterocycles. The molecule has 1 nitrogen and oxygen atoms in total. The Kier molecular flexibility index (Phi) is 3.75. The van der Waals surface area contributed by atoms with Crippen LogP contribution in [0, 0.1) is 6.92 Å². The maximum absolute atomic E-state index is 5.69. The van der Waals surface area contributed by atoms with Crippen LogP contribution in [0.4, 0.5) is 0 Å². The first kappa shape index (κ1) is 10.2. The van der Waals surface area contributed by atoms with Crippen molar-refractivity contribution < 1.29 is 0 Å². The summed E-state index contributed by atoms with van der Waals surface area (Å²) in [6.45, 7) is 4.18. The van der Waals surface area contributed by atoms with Gasteiger partial charge in [0.25, 0.3) is 0 Å². The summed E-state index contributed by atoms with van der Waals surface area (Å²) in [7, 11) is 0. The number of nitrogens with two attached hydrogens (primary N) is 1. The first-order valence-electron chi connectivity index (χ1n) is 4.10. The van der Waals surface area contributed by atoms with Gasteiger partial charge in [0.05, 0.1) is 0 Å². The van der Waals surface area contributed by atoms with E-state index in [-0.39, 0.29) is 0 Å². The molecule has 1 aromatic rings. The maximum atomic E-state index is 5.69. The van der Waals surface area contributed by atoms with Gasteiger partial charge in [0.2, 0.25) is 0 Å². The molecule has 12 heavy (non-hydrogen) atoms. The highest BCUT2D eigenvalue weighted by Crippen LogP contribution is 2.27. The van der Waals surface area contributed by atoms with Crippen molar-refractivity contribution in [3.8, 4) is 0 Å². The van der Waals surface area contributed by atoms with E-state index in [4.69, 9.17) is 5.73 Å². The molecule has 2 N–H and O–H groups in total. The molecular weight excluding hydrogens is 234 g/mol. The first-order chi connectivity index (χ1) is 5.59. The van der Waals surface area contributed by atoms with Gasteiger partial charge in [-0.15, -0.1) is 11.3 Å². The van der Waals surface area contributed by atoms with Crippen LogP contribution in [-0.2, 0) is 6.42 Å². The normalized spacial score (nSPS) is 13.3. The number of thiophene rings is 1. The summed E-state index contributed by atoms with van der Waals surface area (Å²) in [6, 6.07) is 2.47. The van der Waals surface area contributed by atoms with Gasteiger partial charge in [-0.2, -0.15) is 0 Å². The summed E-state index contributed by atoms with van der Waals surface area (Å²) in [4.78, 5) is 2.78. The van der Waals surface area contributed by atoms with Crippen molar-refractivity contribution in [2.45, 2.75) is 32.7 Å². The minimum Gasteiger partial charge on any atom is -0.328 e. The van der Waals surface area contributed by atoms with Crippen LogP contribution in [0.1, 0.15) is 23.1 Å². The molecule has 1 heterocycles. The Morgan fingerprint density at radius 1 is 1.67 bits per heavy atom. The molecule has 68 valence electrons. The summed E-state index contributed by atoms with van der Waals surface area (Å²) in [5.41, 5.74) is 5.69. The number of halogens is 1. The lowest BCUT2D eigenvalue weighted by Gasteiger charge is -2.02. The van der Waals surface area contributed by atoms with Crippen LogP contribution in [0.15, 0.2) is 10.5 Å². The van der Waals surface area contributed by atoms with E-state index >= 15 is 0 Å². The van der Waals surface area contributed by atoms with Gasteiger partial charge in [0, 0.05) is 20.3 Å². The van der Waals surface area contributed by atoms with E-state index in [2.05, 4.69) is 28.9 Å². The average molecular weight is 248 g/mol. The van der Waals surface area contributed by atoms with Gasteiger partial charge < -0.3 is 5.73 Å². The zero-order chi connectivity index (χ0) is 9.14. The largest absolute Gasteiger partial charge is 0.328 e. The molecule has 0 spiro atoms. The summed E-state index contributed by atoms with van der Waals surface area (Å²) < 4.78 is 1.24. The van der Waals surface area contributed by atoms with Crippen molar-refractivity contribution in [1.29, 1.82) is 0 Å². The third-order valence-electron chi connectivity index (χ3n) is 1.71. The highest BCUT2D eigenvalue weighted by atomic mass is 79.9. The third-order valence-corrected chi connectivity index (χ3v) is 3.79. The van der Waals surface area contributed by atoms with Crippen LogP contribution in [0.2, 0.25) is 0 Å². The molecule has 1 rings (SSSR count). The van der Waals surface area contributed by atoms with Gasteiger partial charge in [-0.1, -0.05) is 0 Å². The lowest BCUT2D eigenvalue weighted by atomic mass is 10.2. The van der Waals surface area contributed by atoms with E-state index in [0.29, 0.717) is 6.04 Å². The minimum atomic E-state index is 0.305. The van der Waals surface area contributed by atoms with Gasteiger partial charge >= 0.3 is 0 Å². The van der Waals surface area contributed by atoms with Gasteiger partial charge in [-0.3, -0.25) is 0 Å². The molecule has 0 aromatic carbocycles. The Morgan fingerprint density at radius 2 is 2.33 bits per heavy atom. The predicted molar refractivity (Wildman–Crippen MR) is 58.7 cm³/mol. The zero-order valence-corrected chi connectivity index (χ0v) is 9.83. The lowest BCUT2D eigenvalue weighted by molar-refractivity contribution is 0.669. The Bertz CT molecular complexity index is 255. The van der Waals surface area contributed by atoms with E-state index < -0.39 is 0 Å². The van der Waals surface area contributed by atoms with E-state index in [1.165, 1.54) is 14.2 Å². The Balaban J connectivity index is 2.57. The SMILES string of the molecule is Cc1cc(Br)c(CC[C@H](C)N)s1. The second-order valence-electron chi connectivity index (χ2n) is 3.14. The van der Waals surface area contributed by atoms with Crippen LogP contribution < -0.4 is 5.73 Å². The van der Waals surface area contributed by atoms with Crippen LogP contribution >= 0.6 is 27.3 Å². The molecule has 0 amide bonds. The first-order valence-corrected chi connectivity index (χ1v) is 5.71. The smallest absolute Gasteiger partial charge is 0.0317 e. The highest BCUT2D eigenvalue weighted by Gasteiger charge is 2.04. The quantitative estimate of drug-likeness (QED) is 0.873. The van der Waals surface area contributed by atoms with Crippen molar-refractivity contribution in [3.05, 3.63) is 20.3 Å². The molecular formula is C9H14BrNS. The van der Waals surface area contributed by atoms with E-state index in [9.17, 15) is 0 Å². The fourth-order valence-corrected chi connectivity index (χ4v) is 2.94. The Morgan fingerprint density at radius 3 is 2.75 bits per heavy atom. The molecule has 0 aliphatic rings. The van der Waals surface area contributed by atoms with Gasteiger partial charge in [-0.25, -0.2) is 0 Å². The molecule has 0 saturated carbocycles. The molecule has 1 atom stereocenters. The minimum absolute atomic E-state index is 0.305. The second-order valence-corrected chi connectivity index (χ2v) is 5.34. The standard InChI is InChI=1S/C9H14BrNS/c1-6(11)3-4-9-8(10)5-7(2)12-9/h5-6H,3-4,11H2,1-2H3/t6-/m0/s1. The highest BCUT2D eigenvalue weighted by molar-refractivity contribution is 9.10. The van der Waals surface area contributed by atoms with Crippen LogP contribution in [0.5, 0.6) is 0 Å². The van der Waals surface area contributed by atoms with Crippen molar-refractivity contribution in [2.75, 3.05) is 0 Å². The monoisotopic (exact) mass is 247 g/mol. The molecule has 1 aromatic heterocycles. The van der Waals surface area contributed by atoms with Crippen molar-refractivity contribution in [1.82, 2.24) is 0 Å². The van der Waals surface area contributed by atoms with Gasteiger partial charge in [0.15, 0.2) is 0 Å². The third kappa shape index (κ3) is 2.88. The van der Waals surface area contributed by atoms with Crippen LogP contribution in [0.25, 0.3) is 0 Å². The molecule has 0 saturated heterocycles. The fraction of sp³-hybridized carbons (Fsp3) is 0.556. The topological polar surface area (TPSA) is 26.0 Å². The van der Waals surface area contributed by atoms with Crippen molar-refractivity contribution in [3.63, 3.8) is 0 Å². The zero-order valence-electron chi connectivity index (χ0n) is 7.43. The molecule has 3 heteroatoms. The number of aryl methyl sites for hydroxylation is 2. The number of rotatable bonds is 3. The lowest BCUT2D eigenvalue weighted by Crippen LogP contribution is -2.15. The molecule has 0 aliphatic carbocycles. The van der Waals surface area contributed by atoms with Crippen LogP contribution in [0.3, 0.4) is 0 Å². The van der Waals surface area contributed by atoms with E-state index in [0.717, 1.165) is 12.8 Å². The van der Waals surface area contributed by atoms with Crippen molar-refractivity contribution in [2.24, 2.45) is 5.73 Å². The van der Waals surface area contributed by atoms with E-state index in [1.54, 1.807) is 0 Å². The molecule has 0 bridgehead atoms. The summed E-state index contributed by atoms with van der Waals surface area (Å²) in [5.74, 6) is 0. The van der Waals surface area contributed by atoms with Gasteiger partial charge in [-0.05, 0) is 48.7 Å². The predicted octanol–water partition coefficient (Wildman–Crippen LogP) is 3.10. The van der Waals surface area contributed by atoms with Crippen molar-refractivity contribution >= 4 is 27.3 Å². The van der Waals surface area contributed by atoms with Crippen LogP contribution in [-0.4, -0.2) is 6.04 Å². The summed E-state index contributed by atoms with van der Waals surface area (Å²) in [6.07, 6.45) is 2.16. The average Bonchev–Trinajstić information content (AvgIpc) is 2.26. The summed E-state index contributed by atoms with van der Waals surface area (Å²) in [5, 5.41) is 0.